The monoisotopic (exact) mass is 395 g/mol. The molecule has 8 heteroatoms. The van der Waals surface area contributed by atoms with Crippen LogP contribution in [-0.4, -0.2) is 48.6 Å². The summed E-state index contributed by atoms with van der Waals surface area (Å²) in [5.41, 5.74) is 10.9. The molecule has 0 radical (unpaired) electrons. The standard InChI is InChI=1S/C21H29N7O/c1-26-11-17(25-26)12-28-20-10-15(14-29)2-3-19(20)24-21(28)13-27-8-5-16(6-9-27)18(23)4-7-22/h2-4,7,10-11,16,22,25,29H,5-6,8-9,12-14,23H2,1H3/b18-4-,22-7?. The van der Waals surface area contributed by atoms with Gasteiger partial charge in [-0.1, -0.05) is 6.07 Å². The Kier molecular flexibility index (Phi) is 5.55. The minimum atomic E-state index is 0.0261. The average Bonchev–Trinajstić information content (AvgIpc) is 3.03. The highest BCUT2D eigenvalue weighted by Gasteiger charge is 2.23. The highest BCUT2D eigenvalue weighted by molar-refractivity contribution is 5.77. The summed E-state index contributed by atoms with van der Waals surface area (Å²) in [7, 11) is 1.98. The van der Waals surface area contributed by atoms with Crippen molar-refractivity contribution < 1.29 is 5.11 Å². The molecule has 8 nitrogen and oxygen atoms in total. The lowest BCUT2D eigenvalue weighted by Crippen LogP contribution is -2.35. The van der Waals surface area contributed by atoms with E-state index in [0.29, 0.717) is 5.92 Å². The van der Waals surface area contributed by atoms with Crippen LogP contribution in [0.2, 0.25) is 0 Å². The Bertz CT molecular complexity index is 1010. The number of piperidine rings is 1. The summed E-state index contributed by atoms with van der Waals surface area (Å²) in [6, 6.07) is 5.95. The second-order valence-electron chi connectivity index (χ2n) is 7.86. The minimum Gasteiger partial charge on any atom is -0.402 e. The second kappa shape index (κ2) is 8.26. The van der Waals surface area contributed by atoms with E-state index < -0.39 is 0 Å². The molecule has 1 fully saturated rings. The molecule has 2 aromatic heterocycles. The highest BCUT2D eigenvalue weighted by atomic mass is 16.3. The first-order valence-electron chi connectivity index (χ1n) is 10.0. The van der Waals surface area contributed by atoms with Gasteiger partial charge in [-0.15, -0.1) is 0 Å². The Hall–Kier alpha value is -2.84. The lowest BCUT2D eigenvalue weighted by Gasteiger charge is -2.32. The van der Waals surface area contributed by atoms with E-state index in [0.717, 1.165) is 72.8 Å². The molecule has 4 rings (SSSR count). The van der Waals surface area contributed by atoms with Gasteiger partial charge in [-0.3, -0.25) is 14.7 Å². The van der Waals surface area contributed by atoms with E-state index in [1.807, 2.05) is 29.9 Å². The third-order valence-electron chi connectivity index (χ3n) is 5.77. The van der Waals surface area contributed by atoms with Crippen molar-refractivity contribution >= 4 is 17.2 Å². The van der Waals surface area contributed by atoms with E-state index >= 15 is 0 Å². The van der Waals surface area contributed by atoms with E-state index in [1.165, 1.54) is 6.21 Å². The second-order valence-corrected chi connectivity index (χ2v) is 7.86. The van der Waals surface area contributed by atoms with Gasteiger partial charge >= 0.3 is 0 Å². The Morgan fingerprint density at radius 1 is 1.34 bits per heavy atom. The Labute approximate surface area is 170 Å². The number of imidazole rings is 1. The number of rotatable bonds is 7. The van der Waals surface area contributed by atoms with Crippen LogP contribution in [0.25, 0.3) is 11.0 Å². The first kappa shape index (κ1) is 19.5. The van der Waals surface area contributed by atoms with E-state index in [4.69, 9.17) is 16.1 Å². The van der Waals surface area contributed by atoms with E-state index in [2.05, 4.69) is 20.8 Å². The molecule has 0 atom stereocenters. The SMILES string of the molecule is Cn1cc(Cn2c(CN3CCC(/C(N)=C/C=N)CC3)nc3ccc(CO)cc32)[nH]1. The summed E-state index contributed by atoms with van der Waals surface area (Å²) in [4.78, 5) is 7.33. The number of hydrogen-bond donors (Lipinski definition) is 4. The molecule has 0 spiro atoms. The van der Waals surface area contributed by atoms with Gasteiger partial charge in [-0.2, -0.15) is 0 Å². The summed E-state index contributed by atoms with van der Waals surface area (Å²) in [5, 5.41) is 20.0. The summed E-state index contributed by atoms with van der Waals surface area (Å²) < 4.78 is 4.18. The number of aliphatic hydroxyl groups excluding tert-OH is 1. The van der Waals surface area contributed by atoms with Crippen molar-refractivity contribution in [2.75, 3.05) is 13.1 Å². The first-order valence-corrected chi connectivity index (χ1v) is 10.0. The fraction of sp³-hybridized carbons (Fsp3) is 0.429. The van der Waals surface area contributed by atoms with Gasteiger partial charge in [0.1, 0.15) is 5.82 Å². The fourth-order valence-corrected chi connectivity index (χ4v) is 4.17. The first-order chi connectivity index (χ1) is 14.1. The third kappa shape index (κ3) is 4.13. The van der Waals surface area contributed by atoms with Crippen LogP contribution in [0.1, 0.15) is 29.9 Å². The van der Waals surface area contributed by atoms with Gasteiger partial charge in [-0.05, 0) is 49.7 Å². The summed E-state index contributed by atoms with van der Waals surface area (Å²) in [6.07, 6.45) is 7.06. The van der Waals surface area contributed by atoms with Crippen molar-refractivity contribution in [1.29, 1.82) is 5.41 Å². The topological polar surface area (TPSA) is 112 Å². The number of fused-ring (bicyclic) bond motifs is 1. The lowest BCUT2D eigenvalue weighted by atomic mass is 9.93. The number of likely N-dealkylation sites (tertiary alicyclic amines) is 1. The number of allylic oxidation sites excluding steroid dienone is 2. The van der Waals surface area contributed by atoms with Gasteiger partial charge in [0.05, 0.1) is 36.4 Å². The molecule has 3 heterocycles. The lowest BCUT2D eigenvalue weighted by molar-refractivity contribution is 0.185. The number of nitrogens with zero attached hydrogens (tertiary/aromatic N) is 4. The molecule has 0 aliphatic carbocycles. The molecular formula is C21H29N7O. The molecule has 29 heavy (non-hydrogen) atoms. The normalized spacial score (nSPS) is 16.7. The van der Waals surface area contributed by atoms with Gasteiger partial charge < -0.3 is 20.8 Å². The molecule has 0 amide bonds. The maximum atomic E-state index is 9.54. The van der Waals surface area contributed by atoms with Crippen LogP contribution < -0.4 is 5.73 Å². The van der Waals surface area contributed by atoms with Crippen molar-refractivity contribution in [2.24, 2.45) is 18.7 Å². The molecule has 1 aromatic carbocycles. The summed E-state index contributed by atoms with van der Waals surface area (Å²) in [5.74, 6) is 1.40. The van der Waals surface area contributed by atoms with Crippen molar-refractivity contribution in [3.8, 4) is 0 Å². The third-order valence-corrected chi connectivity index (χ3v) is 5.77. The number of benzene rings is 1. The van der Waals surface area contributed by atoms with E-state index in [9.17, 15) is 5.11 Å². The molecule has 3 aromatic rings. The van der Waals surface area contributed by atoms with Crippen molar-refractivity contribution in [2.45, 2.75) is 32.5 Å². The zero-order valence-electron chi connectivity index (χ0n) is 16.8. The van der Waals surface area contributed by atoms with E-state index in [-0.39, 0.29) is 6.61 Å². The molecule has 0 bridgehead atoms. The molecular weight excluding hydrogens is 366 g/mol. The summed E-state index contributed by atoms with van der Waals surface area (Å²) >= 11 is 0. The number of aromatic nitrogens is 4. The number of nitrogens with one attached hydrogen (secondary N) is 2. The zero-order valence-corrected chi connectivity index (χ0v) is 16.8. The number of aromatic amines is 1. The van der Waals surface area contributed by atoms with Crippen molar-refractivity contribution in [1.82, 2.24) is 24.2 Å². The maximum absolute atomic E-state index is 9.54. The molecule has 154 valence electrons. The highest BCUT2D eigenvalue weighted by Crippen LogP contribution is 2.25. The van der Waals surface area contributed by atoms with Crippen LogP contribution in [0, 0.1) is 11.3 Å². The van der Waals surface area contributed by atoms with Crippen LogP contribution in [0.5, 0.6) is 0 Å². The smallest absolute Gasteiger partial charge is 0.124 e. The average molecular weight is 396 g/mol. The van der Waals surface area contributed by atoms with Gasteiger partial charge in [0, 0.05) is 31.1 Å². The minimum absolute atomic E-state index is 0.0261. The van der Waals surface area contributed by atoms with Gasteiger partial charge in [0.2, 0.25) is 0 Å². The van der Waals surface area contributed by atoms with E-state index in [1.54, 1.807) is 6.08 Å². The van der Waals surface area contributed by atoms with Gasteiger partial charge in [-0.25, -0.2) is 4.98 Å². The number of hydrogen-bond acceptors (Lipinski definition) is 5. The molecule has 1 saturated heterocycles. The van der Waals surface area contributed by atoms with Crippen molar-refractivity contribution in [3.05, 3.63) is 53.3 Å². The van der Waals surface area contributed by atoms with Gasteiger partial charge in [0.15, 0.2) is 0 Å². The number of aliphatic hydroxyl groups is 1. The fourth-order valence-electron chi connectivity index (χ4n) is 4.17. The Balaban J connectivity index is 1.55. The number of nitrogens with two attached hydrogens (primary N) is 1. The summed E-state index contributed by atoms with van der Waals surface area (Å²) in [6.45, 7) is 3.47. The molecule has 1 aliphatic heterocycles. The Morgan fingerprint density at radius 3 is 2.76 bits per heavy atom. The Morgan fingerprint density at radius 2 is 2.10 bits per heavy atom. The van der Waals surface area contributed by atoms with Crippen LogP contribution in [-0.2, 0) is 26.7 Å². The van der Waals surface area contributed by atoms with Crippen LogP contribution >= 0.6 is 0 Å². The quantitative estimate of drug-likeness (QED) is 0.458. The molecule has 5 N–H and O–H groups in total. The predicted molar refractivity (Wildman–Crippen MR) is 114 cm³/mol. The number of aryl methyl sites for hydroxylation is 1. The number of H-pyrrole nitrogens is 1. The van der Waals surface area contributed by atoms with Crippen LogP contribution in [0.15, 0.2) is 36.2 Å². The van der Waals surface area contributed by atoms with Crippen LogP contribution in [0.3, 0.4) is 0 Å². The zero-order chi connectivity index (χ0) is 20.4. The molecule has 0 unspecified atom stereocenters. The molecule has 0 saturated carbocycles. The maximum Gasteiger partial charge on any atom is 0.124 e. The molecule has 1 aliphatic rings. The van der Waals surface area contributed by atoms with Crippen molar-refractivity contribution in [3.63, 3.8) is 0 Å². The van der Waals surface area contributed by atoms with Gasteiger partial charge in [0.25, 0.3) is 0 Å². The van der Waals surface area contributed by atoms with Crippen LogP contribution in [0.4, 0.5) is 0 Å². The largest absolute Gasteiger partial charge is 0.402 e. The predicted octanol–water partition coefficient (Wildman–Crippen LogP) is 1.95.